The fourth-order valence-corrected chi connectivity index (χ4v) is 3.31. The number of fused-ring (bicyclic) bond motifs is 1. The molecule has 4 rings (SSSR count). The van der Waals surface area contributed by atoms with Gasteiger partial charge in [-0.05, 0) is 24.4 Å². The number of ether oxygens (including phenoxy) is 2. The molecule has 1 aliphatic rings. The fourth-order valence-electron chi connectivity index (χ4n) is 3.11. The molecule has 3 aromatic rings. The zero-order valence-corrected chi connectivity index (χ0v) is 15.9. The van der Waals surface area contributed by atoms with Crippen molar-refractivity contribution in [3.8, 4) is 0 Å². The van der Waals surface area contributed by atoms with Gasteiger partial charge in [-0.1, -0.05) is 0 Å². The molecule has 4 atom stereocenters. The van der Waals surface area contributed by atoms with Crippen LogP contribution in [-0.4, -0.2) is 64.6 Å². The molecule has 30 heavy (non-hydrogen) atoms. The van der Waals surface area contributed by atoms with Crippen LogP contribution in [-0.2, 0) is 9.47 Å². The van der Waals surface area contributed by atoms with Crippen LogP contribution in [0.2, 0.25) is 0 Å². The van der Waals surface area contributed by atoms with Crippen molar-refractivity contribution in [3.05, 3.63) is 63.0 Å². The number of H-pyrrole nitrogens is 1. The van der Waals surface area contributed by atoms with E-state index < -0.39 is 35.0 Å². The number of aliphatic hydroxyl groups is 2. The largest absolute Gasteiger partial charge is 0.480 e. The third-order valence-corrected chi connectivity index (χ3v) is 5.02. The molecule has 1 aromatic carbocycles. The van der Waals surface area contributed by atoms with Gasteiger partial charge in [0.2, 0.25) is 0 Å². The number of aliphatic hydroxyl groups excluding tert-OH is 2. The maximum absolute atomic E-state index is 11.8. The van der Waals surface area contributed by atoms with Gasteiger partial charge < -0.3 is 24.7 Å². The molecule has 12 nitrogen and oxygen atoms in total. The van der Waals surface area contributed by atoms with Crippen LogP contribution in [0.15, 0.2) is 41.7 Å². The van der Waals surface area contributed by atoms with Gasteiger partial charge >= 0.3 is 0 Å². The summed E-state index contributed by atoms with van der Waals surface area (Å²) in [6, 6.07) is 5.49. The lowest BCUT2D eigenvalue weighted by Gasteiger charge is -2.16. The van der Waals surface area contributed by atoms with Crippen LogP contribution in [0.4, 0.5) is 5.69 Å². The van der Waals surface area contributed by atoms with Gasteiger partial charge in [0.05, 0.1) is 17.6 Å². The number of rotatable bonds is 5. The zero-order chi connectivity index (χ0) is 21.4. The molecule has 1 aliphatic heterocycles. The van der Waals surface area contributed by atoms with Gasteiger partial charge in [-0.25, -0.2) is 9.97 Å². The summed E-state index contributed by atoms with van der Waals surface area (Å²) >= 11 is 5.16. The van der Waals surface area contributed by atoms with Gasteiger partial charge in [-0.2, -0.15) is 0 Å². The number of nitrogens with zero attached hydrogens (tertiary/aromatic N) is 4. The lowest BCUT2D eigenvalue weighted by Crippen LogP contribution is -2.34. The highest BCUT2D eigenvalue weighted by molar-refractivity contribution is 7.80. The van der Waals surface area contributed by atoms with Crippen molar-refractivity contribution in [3.63, 3.8) is 0 Å². The Kier molecular flexibility index (Phi) is 5.26. The van der Waals surface area contributed by atoms with E-state index in [1.165, 1.54) is 41.5 Å². The number of thiocarbonyl (C=S) groups is 1. The maximum atomic E-state index is 11.8. The Balaban J connectivity index is 1.45. The standard InChI is InChI=1S/C17H15N5O7S/c23-12-10(5-28-17(30)8-1-3-9(4-2-8)22(26)27)29-16(13(12)24)21-7-20-11-14(21)18-6-19-15(11)25/h1-4,6-7,10,12-13,16,23-24H,5H2,(H,18,19,25)/t10-,12-,13-,16-/m1/s1. The molecule has 0 bridgehead atoms. The molecular formula is C17H15N5O7S. The summed E-state index contributed by atoms with van der Waals surface area (Å²) < 4.78 is 12.5. The molecule has 1 saturated heterocycles. The highest BCUT2D eigenvalue weighted by atomic mass is 32.1. The average Bonchev–Trinajstić information content (AvgIpc) is 3.29. The second-order valence-electron chi connectivity index (χ2n) is 6.50. The first kappa shape index (κ1) is 20.0. The van der Waals surface area contributed by atoms with Gasteiger partial charge in [0.25, 0.3) is 11.2 Å². The summed E-state index contributed by atoms with van der Waals surface area (Å²) in [4.78, 5) is 32.4. The molecule has 0 unspecified atom stereocenters. The first-order valence-corrected chi connectivity index (χ1v) is 9.11. The second-order valence-corrected chi connectivity index (χ2v) is 6.88. The summed E-state index contributed by atoms with van der Waals surface area (Å²) in [6.45, 7) is -0.175. The van der Waals surface area contributed by atoms with E-state index in [2.05, 4.69) is 15.0 Å². The van der Waals surface area contributed by atoms with E-state index in [0.717, 1.165) is 0 Å². The molecule has 0 saturated carbocycles. The molecule has 3 N–H and O–H groups in total. The SMILES string of the molecule is O=c1[nH]cnc2c1ncn2[C@@H]1O[C@H](COC(=S)c2ccc([N+](=O)[O-])cc2)[C@@H](O)[C@H]1O. The summed E-state index contributed by atoms with van der Waals surface area (Å²) in [5.41, 5.74) is 0.186. The van der Waals surface area contributed by atoms with E-state index >= 15 is 0 Å². The number of benzene rings is 1. The lowest BCUT2D eigenvalue weighted by atomic mass is 10.1. The minimum absolute atomic E-state index is 0.0555. The van der Waals surface area contributed by atoms with Crippen molar-refractivity contribution >= 4 is 34.1 Å². The predicted octanol–water partition coefficient (Wildman–Crippen LogP) is 0.0393. The number of hydrogen-bond donors (Lipinski definition) is 3. The number of nitro groups is 1. The molecule has 0 amide bonds. The topological polar surface area (TPSA) is 166 Å². The van der Waals surface area contributed by atoms with Crippen LogP contribution in [0.25, 0.3) is 11.2 Å². The highest BCUT2D eigenvalue weighted by Crippen LogP contribution is 2.31. The van der Waals surface area contributed by atoms with E-state index in [9.17, 15) is 25.1 Å². The first-order valence-electron chi connectivity index (χ1n) is 8.70. The van der Waals surface area contributed by atoms with Crippen molar-refractivity contribution in [1.29, 1.82) is 0 Å². The Hall–Kier alpha value is -3.26. The van der Waals surface area contributed by atoms with E-state index in [0.29, 0.717) is 5.56 Å². The Labute approximate surface area is 172 Å². The van der Waals surface area contributed by atoms with Crippen LogP contribution in [0.1, 0.15) is 11.8 Å². The normalized spacial score (nSPS) is 23.5. The van der Waals surface area contributed by atoms with Crippen LogP contribution >= 0.6 is 12.2 Å². The number of nitrogens with one attached hydrogen (secondary N) is 1. The number of aromatic amines is 1. The van der Waals surface area contributed by atoms with Crippen LogP contribution in [0.3, 0.4) is 0 Å². The van der Waals surface area contributed by atoms with Gasteiger partial charge in [-0.3, -0.25) is 19.5 Å². The Morgan fingerprint density at radius 2 is 2.03 bits per heavy atom. The number of non-ortho nitro benzene ring substituents is 1. The molecule has 156 valence electrons. The molecule has 2 aromatic heterocycles. The van der Waals surface area contributed by atoms with Gasteiger partial charge in [-0.15, -0.1) is 0 Å². The minimum Gasteiger partial charge on any atom is -0.480 e. The Morgan fingerprint density at radius 3 is 2.73 bits per heavy atom. The molecule has 0 radical (unpaired) electrons. The predicted molar refractivity (Wildman–Crippen MR) is 105 cm³/mol. The molecular weight excluding hydrogens is 418 g/mol. The molecule has 0 aliphatic carbocycles. The molecule has 0 spiro atoms. The van der Waals surface area contributed by atoms with Crippen molar-refractivity contribution < 1.29 is 24.6 Å². The summed E-state index contributed by atoms with van der Waals surface area (Å²) in [5.74, 6) is 0. The number of nitro benzene ring substituents is 1. The minimum atomic E-state index is -1.33. The van der Waals surface area contributed by atoms with Crippen molar-refractivity contribution in [1.82, 2.24) is 19.5 Å². The summed E-state index contributed by atoms with van der Waals surface area (Å²) in [7, 11) is 0. The molecule has 1 fully saturated rings. The summed E-state index contributed by atoms with van der Waals surface area (Å²) in [5, 5.41) is 31.5. The van der Waals surface area contributed by atoms with E-state index in [1.54, 1.807) is 0 Å². The van der Waals surface area contributed by atoms with Crippen molar-refractivity contribution in [2.45, 2.75) is 24.5 Å². The third-order valence-electron chi connectivity index (χ3n) is 4.67. The van der Waals surface area contributed by atoms with E-state index in [4.69, 9.17) is 21.7 Å². The van der Waals surface area contributed by atoms with Gasteiger partial charge in [0.1, 0.15) is 24.9 Å². The third kappa shape index (κ3) is 3.54. The van der Waals surface area contributed by atoms with Gasteiger partial charge in [0.15, 0.2) is 22.4 Å². The number of aromatic nitrogens is 4. The van der Waals surface area contributed by atoms with E-state index in [1.807, 2.05) is 0 Å². The maximum Gasteiger partial charge on any atom is 0.278 e. The molecule has 13 heteroatoms. The first-order chi connectivity index (χ1) is 14.4. The molecule has 3 heterocycles. The zero-order valence-electron chi connectivity index (χ0n) is 15.1. The monoisotopic (exact) mass is 433 g/mol. The Bertz CT molecular complexity index is 1160. The van der Waals surface area contributed by atoms with Crippen LogP contribution in [0.5, 0.6) is 0 Å². The number of hydrogen-bond acceptors (Lipinski definition) is 10. The smallest absolute Gasteiger partial charge is 0.278 e. The van der Waals surface area contributed by atoms with Crippen LogP contribution in [0, 0.1) is 10.1 Å². The lowest BCUT2D eigenvalue weighted by molar-refractivity contribution is -0.384. The highest BCUT2D eigenvalue weighted by Gasteiger charge is 2.44. The van der Waals surface area contributed by atoms with Gasteiger partial charge in [0, 0.05) is 17.7 Å². The quantitative estimate of drug-likeness (QED) is 0.284. The fraction of sp³-hybridized carbons (Fsp3) is 0.294. The van der Waals surface area contributed by atoms with Crippen molar-refractivity contribution in [2.24, 2.45) is 0 Å². The van der Waals surface area contributed by atoms with Crippen molar-refractivity contribution in [2.75, 3.05) is 6.61 Å². The average molecular weight is 433 g/mol. The summed E-state index contributed by atoms with van der Waals surface area (Å²) in [6.07, 6.45) is -2.11. The second kappa shape index (κ2) is 7.87. The van der Waals surface area contributed by atoms with Crippen LogP contribution < -0.4 is 5.56 Å². The number of imidazole rings is 1. The van der Waals surface area contributed by atoms with E-state index in [-0.39, 0.29) is 28.5 Å². The Morgan fingerprint density at radius 1 is 1.30 bits per heavy atom.